The Hall–Kier alpha value is -2.63. The topological polar surface area (TPSA) is 81.3 Å². The van der Waals surface area contributed by atoms with E-state index in [2.05, 4.69) is 9.97 Å². The number of aromatic amines is 1. The summed E-state index contributed by atoms with van der Waals surface area (Å²) in [6, 6.07) is 9.15. The normalized spacial score (nSPS) is 10.1. The number of hydrogen-bond acceptors (Lipinski definition) is 5. The second-order valence-electron chi connectivity index (χ2n) is 3.89. The van der Waals surface area contributed by atoms with Crippen molar-refractivity contribution in [2.45, 2.75) is 13.5 Å². The van der Waals surface area contributed by atoms with Gasteiger partial charge in [0.2, 0.25) is 0 Å². The fourth-order valence-electron chi connectivity index (χ4n) is 1.53. The molecular formula is C14H14N2O4. The number of benzene rings is 1. The van der Waals surface area contributed by atoms with Crippen molar-refractivity contribution in [3.8, 4) is 5.75 Å². The monoisotopic (exact) mass is 274 g/mol. The summed E-state index contributed by atoms with van der Waals surface area (Å²) in [4.78, 5) is 29.6. The zero-order chi connectivity index (χ0) is 14.4. The second kappa shape index (κ2) is 6.51. The van der Waals surface area contributed by atoms with E-state index in [1.54, 1.807) is 19.1 Å². The molecule has 1 aromatic carbocycles. The summed E-state index contributed by atoms with van der Waals surface area (Å²) in [6.45, 7) is 1.99. The Balaban J connectivity index is 2.06. The molecule has 104 valence electrons. The van der Waals surface area contributed by atoms with Crippen molar-refractivity contribution >= 4 is 5.97 Å². The van der Waals surface area contributed by atoms with Crippen molar-refractivity contribution in [2.24, 2.45) is 0 Å². The van der Waals surface area contributed by atoms with E-state index in [9.17, 15) is 9.59 Å². The first-order valence-corrected chi connectivity index (χ1v) is 6.14. The van der Waals surface area contributed by atoms with Crippen molar-refractivity contribution in [3.63, 3.8) is 0 Å². The van der Waals surface area contributed by atoms with Crippen LogP contribution in [-0.2, 0) is 11.3 Å². The molecular weight excluding hydrogens is 260 g/mol. The van der Waals surface area contributed by atoms with Crippen LogP contribution >= 0.6 is 0 Å². The van der Waals surface area contributed by atoms with Crippen LogP contribution in [0.5, 0.6) is 5.75 Å². The molecule has 6 heteroatoms. The molecule has 2 rings (SSSR count). The highest BCUT2D eigenvalue weighted by Gasteiger charge is 2.12. The number of carbonyl (C=O) groups is 1. The van der Waals surface area contributed by atoms with Crippen LogP contribution in [0.25, 0.3) is 0 Å². The van der Waals surface area contributed by atoms with Gasteiger partial charge in [0.15, 0.2) is 0 Å². The molecule has 0 amide bonds. The molecule has 1 heterocycles. The third kappa shape index (κ3) is 3.44. The van der Waals surface area contributed by atoms with E-state index in [0.29, 0.717) is 11.6 Å². The third-order valence-corrected chi connectivity index (χ3v) is 2.47. The highest BCUT2D eigenvalue weighted by atomic mass is 16.5. The number of nitrogens with one attached hydrogen (secondary N) is 1. The number of carbonyl (C=O) groups excluding carboxylic acids is 1. The summed E-state index contributed by atoms with van der Waals surface area (Å²) in [6.07, 6.45) is 1.19. The molecule has 0 unspecified atom stereocenters. The van der Waals surface area contributed by atoms with Crippen LogP contribution in [0.3, 0.4) is 0 Å². The van der Waals surface area contributed by atoms with E-state index in [0.717, 1.165) is 0 Å². The Bertz CT molecular complexity index is 637. The number of H-pyrrole nitrogens is 1. The first-order chi connectivity index (χ1) is 9.70. The smallest absolute Gasteiger partial charge is 0.345 e. The van der Waals surface area contributed by atoms with Crippen molar-refractivity contribution in [2.75, 3.05) is 6.61 Å². The van der Waals surface area contributed by atoms with Gasteiger partial charge in [0.25, 0.3) is 5.56 Å². The number of para-hydroxylation sites is 1. The first-order valence-electron chi connectivity index (χ1n) is 6.14. The van der Waals surface area contributed by atoms with Gasteiger partial charge in [-0.2, -0.15) is 0 Å². The zero-order valence-electron chi connectivity index (χ0n) is 11.0. The molecule has 0 saturated heterocycles. The minimum atomic E-state index is -0.684. The van der Waals surface area contributed by atoms with Gasteiger partial charge in [-0.05, 0) is 19.1 Å². The van der Waals surface area contributed by atoms with Gasteiger partial charge in [-0.25, -0.2) is 9.78 Å². The van der Waals surface area contributed by atoms with Crippen molar-refractivity contribution in [1.82, 2.24) is 9.97 Å². The SMILES string of the molecule is CCOC(=O)c1cnc(COc2ccccc2)[nH]c1=O. The highest BCUT2D eigenvalue weighted by molar-refractivity contribution is 5.88. The maximum absolute atomic E-state index is 11.7. The molecule has 0 bridgehead atoms. The number of nitrogens with zero attached hydrogens (tertiary/aromatic N) is 1. The standard InChI is InChI=1S/C14H14N2O4/c1-2-19-14(18)11-8-15-12(16-13(11)17)9-20-10-6-4-3-5-7-10/h3-8H,2,9H2,1H3,(H,15,16,17). The lowest BCUT2D eigenvalue weighted by atomic mass is 10.3. The quantitative estimate of drug-likeness (QED) is 0.836. The molecule has 0 aliphatic carbocycles. The molecule has 0 saturated carbocycles. The molecule has 0 radical (unpaired) electrons. The first kappa shape index (κ1) is 13.8. The Morgan fingerprint density at radius 3 is 2.70 bits per heavy atom. The number of esters is 1. The average molecular weight is 274 g/mol. The fourth-order valence-corrected chi connectivity index (χ4v) is 1.53. The maximum atomic E-state index is 11.7. The predicted octanol–water partition coefficient (Wildman–Crippen LogP) is 1.53. The van der Waals surface area contributed by atoms with Gasteiger partial charge in [0.1, 0.15) is 23.7 Å². The van der Waals surface area contributed by atoms with Gasteiger partial charge in [0, 0.05) is 6.20 Å². The average Bonchev–Trinajstić information content (AvgIpc) is 2.46. The largest absolute Gasteiger partial charge is 0.486 e. The number of hydrogen-bond donors (Lipinski definition) is 1. The molecule has 0 aliphatic rings. The van der Waals surface area contributed by atoms with E-state index in [1.807, 2.05) is 18.2 Å². The van der Waals surface area contributed by atoms with Gasteiger partial charge >= 0.3 is 5.97 Å². The molecule has 6 nitrogen and oxygen atoms in total. The molecule has 0 spiro atoms. The Morgan fingerprint density at radius 2 is 2.05 bits per heavy atom. The van der Waals surface area contributed by atoms with Crippen LogP contribution in [0.1, 0.15) is 23.1 Å². The Labute approximate surface area is 115 Å². The summed E-state index contributed by atoms with van der Waals surface area (Å²) in [5.41, 5.74) is -0.652. The van der Waals surface area contributed by atoms with E-state index in [1.165, 1.54) is 6.20 Å². The van der Waals surface area contributed by atoms with Crippen LogP contribution in [0.2, 0.25) is 0 Å². The molecule has 2 aromatic rings. The van der Waals surface area contributed by atoms with Gasteiger partial charge in [-0.1, -0.05) is 18.2 Å². The third-order valence-electron chi connectivity index (χ3n) is 2.47. The minimum absolute atomic E-state index is 0.113. The lowest BCUT2D eigenvalue weighted by Gasteiger charge is -2.06. The minimum Gasteiger partial charge on any atom is -0.486 e. The summed E-state index contributed by atoms with van der Waals surface area (Å²) in [5.74, 6) is 0.327. The number of aromatic nitrogens is 2. The van der Waals surface area contributed by atoms with E-state index >= 15 is 0 Å². The van der Waals surface area contributed by atoms with Gasteiger partial charge in [0.05, 0.1) is 6.61 Å². The fraction of sp³-hybridized carbons (Fsp3) is 0.214. The molecule has 0 atom stereocenters. The van der Waals surface area contributed by atoms with Crippen LogP contribution in [0.15, 0.2) is 41.3 Å². The Kier molecular flexibility index (Phi) is 4.49. The second-order valence-corrected chi connectivity index (χ2v) is 3.89. The van der Waals surface area contributed by atoms with Crippen molar-refractivity contribution in [3.05, 3.63) is 58.3 Å². The van der Waals surface area contributed by atoms with Crippen LogP contribution in [0, 0.1) is 0 Å². The molecule has 20 heavy (non-hydrogen) atoms. The van der Waals surface area contributed by atoms with Crippen LogP contribution in [-0.4, -0.2) is 22.5 Å². The zero-order valence-corrected chi connectivity index (χ0v) is 11.0. The molecule has 0 fully saturated rings. The van der Waals surface area contributed by atoms with E-state index < -0.39 is 11.5 Å². The van der Waals surface area contributed by atoms with Crippen LogP contribution in [0.4, 0.5) is 0 Å². The summed E-state index contributed by atoms with van der Waals surface area (Å²) in [5, 5.41) is 0. The predicted molar refractivity (Wildman–Crippen MR) is 71.6 cm³/mol. The Morgan fingerprint density at radius 1 is 1.30 bits per heavy atom. The summed E-state index contributed by atoms with van der Waals surface area (Å²) < 4.78 is 10.2. The van der Waals surface area contributed by atoms with Gasteiger partial charge in [-0.3, -0.25) is 4.79 Å². The lowest BCUT2D eigenvalue weighted by molar-refractivity contribution is 0.0523. The molecule has 1 N–H and O–H groups in total. The molecule has 1 aromatic heterocycles. The van der Waals surface area contributed by atoms with Crippen molar-refractivity contribution in [1.29, 1.82) is 0 Å². The van der Waals surface area contributed by atoms with Crippen LogP contribution < -0.4 is 10.3 Å². The molecule has 0 aliphatic heterocycles. The van der Waals surface area contributed by atoms with E-state index in [-0.39, 0.29) is 18.8 Å². The van der Waals surface area contributed by atoms with E-state index in [4.69, 9.17) is 9.47 Å². The lowest BCUT2D eigenvalue weighted by Crippen LogP contribution is -2.22. The number of ether oxygens (including phenoxy) is 2. The summed E-state index contributed by atoms with van der Waals surface area (Å²) >= 11 is 0. The highest BCUT2D eigenvalue weighted by Crippen LogP contribution is 2.09. The maximum Gasteiger partial charge on any atom is 0.345 e. The van der Waals surface area contributed by atoms with Crippen molar-refractivity contribution < 1.29 is 14.3 Å². The van der Waals surface area contributed by atoms with Gasteiger partial charge in [-0.15, -0.1) is 0 Å². The summed E-state index contributed by atoms with van der Waals surface area (Å²) in [7, 11) is 0. The van der Waals surface area contributed by atoms with Gasteiger partial charge < -0.3 is 14.5 Å². The number of rotatable bonds is 5.